The summed E-state index contributed by atoms with van der Waals surface area (Å²) >= 11 is 0. The summed E-state index contributed by atoms with van der Waals surface area (Å²) in [7, 11) is 0. The SMILES string of the molecule is CCCC1NCN(C2CC2CC)C1=O. The molecular weight excluding hydrogens is 176 g/mol. The number of nitrogens with one attached hydrogen (secondary N) is 1. The van der Waals surface area contributed by atoms with E-state index in [1.807, 2.05) is 0 Å². The Balaban J connectivity index is 1.88. The van der Waals surface area contributed by atoms with E-state index < -0.39 is 0 Å². The van der Waals surface area contributed by atoms with Crippen LogP contribution in [-0.2, 0) is 4.79 Å². The molecule has 2 rings (SSSR count). The molecule has 0 aromatic heterocycles. The maximum Gasteiger partial charge on any atom is 0.241 e. The van der Waals surface area contributed by atoms with Gasteiger partial charge in [-0.1, -0.05) is 26.7 Å². The lowest BCUT2D eigenvalue weighted by atomic mass is 10.1. The minimum atomic E-state index is 0.109. The van der Waals surface area contributed by atoms with E-state index in [1.54, 1.807) is 0 Å². The number of hydrogen-bond donors (Lipinski definition) is 1. The van der Waals surface area contributed by atoms with Gasteiger partial charge in [0.25, 0.3) is 0 Å². The van der Waals surface area contributed by atoms with Crippen molar-refractivity contribution in [3.63, 3.8) is 0 Å². The van der Waals surface area contributed by atoms with E-state index in [-0.39, 0.29) is 6.04 Å². The summed E-state index contributed by atoms with van der Waals surface area (Å²) in [5, 5.41) is 3.30. The van der Waals surface area contributed by atoms with Gasteiger partial charge in [0.1, 0.15) is 0 Å². The molecule has 1 aliphatic carbocycles. The van der Waals surface area contributed by atoms with Gasteiger partial charge in [0.05, 0.1) is 12.7 Å². The van der Waals surface area contributed by atoms with Crippen LogP contribution in [0.1, 0.15) is 39.5 Å². The molecule has 14 heavy (non-hydrogen) atoms. The molecule has 1 heterocycles. The highest BCUT2D eigenvalue weighted by molar-refractivity contribution is 5.84. The van der Waals surface area contributed by atoms with Crippen LogP contribution in [0.4, 0.5) is 0 Å². The van der Waals surface area contributed by atoms with Gasteiger partial charge in [0, 0.05) is 6.04 Å². The minimum absolute atomic E-state index is 0.109. The fourth-order valence-electron chi connectivity index (χ4n) is 2.42. The largest absolute Gasteiger partial charge is 0.325 e. The third kappa shape index (κ3) is 1.65. The zero-order valence-corrected chi connectivity index (χ0v) is 9.12. The molecule has 1 saturated heterocycles. The van der Waals surface area contributed by atoms with Crippen LogP contribution in [0, 0.1) is 5.92 Å². The monoisotopic (exact) mass is 196 g/mol. The molecule has 0 aromatic carbocycles. The second-order valence-corrected chi connectivity index (χ2v) is 4.48. The van der Waals surface area contributed by atoms with Crippen molar-refractivity contribution in [2.45, 2.75) is 51.6 Å². The van der Waals surface area contributed by atoms with Gasteiger partial charge in [-0.3, -0.25) is 10.1 Å². The molecule has 0 radical (unpaired) electrons. The summed E-state index contributed by atoms with van der Waals surface area (Å²) < 4.78 is 0. The Hall–Kier alpha value is -0.570. The summed E-state index contributed by atoms with van der Waals surface area (Å²) in [5.41, 5.74) is 0. The predicted octanol–water partition coefficient (Wildman–Crippen LogP) is 1.34. The van der Waals surface area contributed by atoms with Crippen LogP contribution in [0.3, 0.4) is 0 Å². The Labute approximate surface area is 85.8 Å². The van der Waals surface area contributed by atoms with E-state index in [9.17, 15) is 4.79 Å². The molecule has 0 spiro atoms. The molecule has 3 unspecified atom stereocenters. The first kappa shape index (κ1) is 9.97. The van der Waals surface area contributed by atoms with E-state index >= 15 is 0 Å². The van der Waals surface area contributed by atoms with Crippen molar-refractivity contribution >= 4 is 5.91 Å². The Kier molecular flexibility index (Phi) is 2.77. The lowest BCUT2D eigenvalue weighted by Gasteiger charge is -2.14. The standard InChI is InChI=1S/C11H20N2O/c1-3-5-9-11(14)13(7-12-9)10-6-8(10)4-2/h8-10,12H,3-7H2,1-2H3. The Morgan fingerprint density at radius 1 is 1.50 bits per heavy atom. The second-order valence-electron chi connectivity index (χ2n) is 4.48. The van der Waals surface area contributed by atoms with E-state index in [0.717, 1.165) is 25.4 Å². The number of rotatable bonds is 4. The van der Waals surface area contributed by atoms with Crippen LogP contribution in [0.15, 0.2) is 0 Å². The topological polar surface area (TPSA) is 32.3 Å². The average Bonchev–Trinajstić information content (AvgIpc) is 2.88. The third-order valence-corrected chi connectivity index (χ3v) is 3.48. The molecule has 1 saturated carbocycles. The lowest BCUT2D eigenvalue weighted by molar-refractivity contribution is -0.129. The van der Waals surface area contributed by atoms with Crippen molar-refractivity contribution < 1.29 is 4.79 Å². The number of carbonyl (C=O) groups excluding carboxylic acids is 1. The van der Waals surface area contributed by atoms with Gasteiger partial charge in [-0.05, 0) is 18.8 Å². The van der Waals surface area contributed by atoms with Crippen molar-refractivity contribution in [2.75, 3.05) is 6.67 Å². The van der Waals surface area contributed by atoms with Crippen LogP contribution < -0.4 is 5.32 Å². The highest BCUT2D eigenvalue weighted by atomic mass is 16.2. The molecule has 3 nitrogen and oxygen atoms in total. The van der Waals surface area contributed by atoms with Gasteiger partial charge in [0.2, 0.25) is 5.91 Å². The molecule has 0 bridgehead atoms. The Morgan fingerprint density at radius 2 is 2.29 bits per heavy atom. The van der Waals surface area contributed by atoms with E-state index in [1.165, 1.54) is 12.8 Å². The molecule has 3 atom stereocenters. The molecule has 0 aromatic rings. The molecule has 1 aliphatic heterocycles. The number of hydrogen-bond acceptors (Lipinski definition) is 2. The molecule has 2 aliphatic rings. The summed E-state index contributed by atoms with van der Waals surface area (Å²) in [5.74, 6) is 1.12. The van der Waals surface area contributed by atoms with Gasteiger partial charge in [-0.25, -0.2) is 0 Å². The van der Waals surface area contributed by atoms with Crippen molar-refractivity contribution in [3.8, 4) is 0 Å². The number of amides is 1. The predicted molar refractivity (Wildman–Crippen MR) is 55.7 cm³/mol. The Morgan fingerprint density at radius 3 is 2.86 bits per heavy atom. The van der Waals surface area contributed by atoms with Crippen LogP contribution in [0.5, 0.6) is 0 Å². The van der Waals surface area contributed by atoms with Crippen molar-refractivity contribution in [1.29, 1.82) is 0 Å². The molecular formula is C11H20N2O. The number of carbonyl (C=O) groups is 1. The van der Waals surface area contributed by atoms with Crippen LogP contribution >= 0.6 is 0 Å². The van der Waals surface area contributed by atoms with Crippen LogP contribution in [0.2, 0.25) is 0 Å². The van der Waals surface area contributed by atoms with Gasteiger partial charge in [-0.15, -0.1) is 0 Å². The van der Waals surface area contributed by atoms with Crippen molar-refractivity contribution in [2.24, 2.45) is 5.92 Å². The molecule has 2 fully saturated rings. The molecule has 1 N–H and O–H groups in total. The first-order valence-corrected chi connectivity index (χ1v) is 5.81. The number of nitrogens with zero attached hydrogens (tertiary/aromatic N) is 1. The van der Waals surface area contributed by atoms with E-state index in [0.29, 0.717) is 11.9 Å². The van der Waals surface area contributed by atoms with Gasteiger partial charge in [-0.2, -0.15) is 0 Å². The van der Waals surface area contributed by atoms with E-state index in [2.05, 4.69) is 24.1 Å². The highest BCUT2D eigenvalue weighted by Gasteiger charge is 2.46. The third-order valence-electron chi connectivity index (χ3n) is 3.48. The zero-order valence-electron chi connectivity index (χ0n) is 9.12. The van der Waals surface area contributed by atoms with Gasteiger partial charge in [0.15, 0.2) is 0 Å². The lowest BCUT2D eigenvalue weighted by Crippen LogP contribution is -2.32. The minimum Gasteiger partial charge on any atom is -0.325 e. The van der Waals surface area contributed by atoms with Crippen LogP contribution in [0.25, 0.3) is 0 Å². The molecule has 80 valence electrons. The molecule has 3 heteroatoms. The van der Waals surface area contributed by atoms with Crippen molar-refractivity contribution in [1.82, 2.24) is 10.2 Å². The summed E-state index contributed by atoms with van der Waals surface area (Å²) in [6.45, 7) is 5.12. The normalized spacial score (nSPS) is 36.6. The fourth-order valence-corrected chi connectivity index (χ4v) is 2.42. The maximum atomic E-state index is 11.9. The first-order valence-electron chi connectivity index (χ1n) is 5.81. The van der Waals surface area contributed by atoms with Gasteiger partial charge < -0.3 is 4.90 Å². The smallest absolute Gasteiger partial charge is 0.241 e. The summed E-state index contributed by atoms with van der Waals surface area (Å²) in [4.78, 5) is 14.0. The highest BCUT2D eigenvalue weighted by Crippen LogP contribution is 2.39. The Bertz CT molecular complexity index is 229. The maximum absolute atomic E-state index is 11.9. The van der Waals surface area contributed by atoms with E-state index in [4.69, 9.17) is 0 Å². The average molecular weight is 196 g/mol. The fraction of sp³-hybridized carbons (Fsp3) is 0.909. The van der Waals surface area contributed by atoms with Crippen LogP contribution in [-0.4, -0.2) is 29.6 Å². The van der Waals surface area contributed by atoms with Gasteiger partial charge >= 0.3 is 0 Å². The second kappa shape index (κ2) is 3.89. The molecule has 1 amide bonds. The van der Waals surface area contributed by atoms with Crippen molar-refractivity contribution in [3.05, 3.63) is 0 Å². The zero-order chi connectivity index (χ0) is 10.1. The quantitative estimate of drug-likeness (QED) is 0.736. The summed E-state index contributed by atoms with van der Waals surface area (Å²) in [6, 6.07) is 0.667. The summed E-state index contributed by atoms with van der Waals surface area (Å²) in [6.07, 6.45) is 4.51. The first-order chi connectivity index (χ1) is 6.77.